The van der Waals surface area contributed by atoms with Gasteiger partial charge >= 0.3 is 0 Å². The summed E-state index contributed by atoms with van der Waals surface area (Å²) in [6.07, 6.45) is 1.79. The summed E-state index contributed by atoms with van der Waals surface area (Å²) in [6, 6.07) is 14.5. The van der Waals surface area contributed by atoms with Crippen molar-refractivity contribution in [2.45, 2.75) is 6.42 Å². The number of nitrogens with zero attached hydrogens (tertiary/aromatic N) is 1. The lowest BCUT2D eigenvalue weighted by Crippen LogP contribution is -2.19. The summed E-state index contributed by atoms with van der Waals surface area (Å²) in [4.78, 5) is 11.7. The quantitative estimate of drug-likeness (QED) is 0.679. The van der Waals surface area contributed by atoms with Crippen molar-refractivity contribution in [3.63, 3.8) is 0 Å². The van der Waals surface area contributed by atoms with E-state index in [0.717, 1.165) is 11.1 Å². The van der Waals surface area contributed by atoms with Crippen molar-refractivity contribution in [1.82, 2.24) is 5.43 Å². The molecule has 0 aliphatic heterocycles. The van der Waals surface area contributed by atoms with Crippen LogP contribution in [0.25, 0.3) is 0 Å². The molecule has 2 aromatic carbocycles. The molecule has 20 heavy (non-hydrogen) atoms. The summed E-state index contributed by atoms with van der Waals surface area (Å²) >= 11 is 11.7. The fourth-order valence-electron chi connectivity index (χ4n) is 1.65. The number of nitrogens with one attached hydrogen (secondary N) is 1. The maximum absolute atomic E-state index is 11.7. The second kappa shape index (κ2) is 7.08. The van der Waals surface area contributed by atoms with Gasteiger partial charge in [-0.3, -0.25) is 4.79 Å². The summed E-state index contributed by atoms with van der Waals surface area (Å²) < 4.78 is 0. The second-order valence-electron chi connectivity index (χ2n) is 4.16. The monoisotopic (exact) mass is 306 g/mol. The minimum absolute atomic E-state index is 0.180. The molecule has 1 N–H and O–H groups in total. The number of hydrogen-bond donors (Lipinski definition) is 1. The Labute approximate surface area is 127 Å². The van der Waals surface area contributed by atoms with Crippen molar-refractivity contribution in [3.05, 3.63) is 69.7 Å². The van der Waals surface area contributed by atoms with E-state index in [1.165, 1.54) is 6.21 Å². The molecule has 0 saturated heterocycles. The molecule has 0 bridgehead atoms. The van der Waals surface area contributed by atoms with E-state index in [1.54, 1.807) is 18.2 Å². The van der Waals surface area contributed by atoms with Crippen molar-refractivity contribution in [3.8, 4) is 0 Å². The number of carbonyl (C=O) groups is 1. The first-order chi connectivity index (χ1) is 9.63. The van der Waals surface area contributed by atoms with E-state index >= 15 is 0 Å². The lowest BCUT2D eigenvalue weighted by atomic mass is 10.1. The maximum Gasteiger partial charge on any atom is 0.244 e. The van der Waals surface area contributed by atoms with Crippen LogP contribution in [0.5, 0.6) is 0 Å². The van der Waals surface area contributed by atoms with Crippen molar-refractivity contribution < 1.29 is 4.79 Å². The van der Waals surface area contributed by atoms with Crippen LogP contribution in [0, 0.1) is 0 Å². The van der Waals surface area contributed by atoms with Gasteiger partial charge in [-0.25, -0.2) is 5.43 Å². The summed E-state index contributed by atoms with van der Waals surface area (Å²) in [6.45, 7) is 0. The largest absolute Gasteiger partial charge is 0.273 e. The highest BCUT2D eigenvalue weighted by atomic mass is 35.5. The first kappa shape index (κ1) is 14.6. The first-order valence-electron chi connectivity index (χ1n) is 5.95. The number of hydrazone groups is 1. The third-order valence-corrected chi connectivity index (χ3v) is 2.93. The Morgan fingerprint density at radius 2 is 1.75 bits per heavy atom. The smallest absolute Gasteiger partial charge is 0.244 e. The number of carbonyl (C=O) groups excluding carboxylic acids is 1. The van der Waals surface area contributed by atoms with E-state index in [1.807, 2.05) is 30.3 Å². The van der Waals surface area contributed by atoms with Gasteiger partial charge in [0, 0.05) is 10.0 Å². The molecule has 5 heteroatoms. The molecule has 1 amide bonds. The van der Waals surface area contributed by atoms with Gasteiger partial charge in [0.15, 0.2) is 0 Å². The van der Waals surface area contributed by atoms with Crippen LogP contribution < -0.4 is 5.43 Å². The predicted molar refractivity (Wildman–Crippen MR) is 82.3 cm³/mol. The lowest BCUT2D eigenvalue weighted by Gasteiger charge is -2.00. The number of benzene rings is 2. The van der Waals surface area contributed by atoms with Gasteiger partial charge in [-0.2, -0.15) is 5.10 Å². The molecule has 2 aromatic rings. The fraction of sp³-hybridized carbons (Fsp3) is 0.0667. The topological polar surface area (TPSA) is 41.5 Å². The fourth-order valence-corrected chi connectivity index (χ4v) is 2.19. The van der Waals surface area contributed by atoms with Crippen LogP contribution in [-0.2, 0) is 11.2 Å². The van der Waals surface area contributed by atoms with Gasteiger partial charge in [-0.15, -0.1) is 0 Å². The van der Waals surface area contributed by atoms with Crippen LogP contribution in [0.3, 0.4) is 0 Å². The molecule has 0 radical (unpaired) electrons. The molecule has 2 rings (SSSR count). The molecule has 0 aliphatic rings. The molecule has 3 nitrogen and oxygen atoms in total. The maximum atomic E-state index is 11.7. The third kappa shape index (κ3) is 4.68. The number of amides is 1. The number of hydrogen-bond acceptors (Lipinski definition) is 2. The molecular weight excluding hydrogens is 295 g/mol. The highest BCUT2D eigenvalue weighted by Gasteiger charge is 2.01. The summed E-state index contributed by atoms with van der Waals surface area (Å²) in [5, 5.41) is 4.92. The summed E-state index contributed by atoms with van der Waals surface area (Å²) in [7, 11) is 0. The average Bonchev–Trinajstić information content (AvgIpc) is 2.38. The van der Waals surface area contributed by atoms with Crippen LogP contribution in [-0.4, -0.2) is 12.1 Å². The predicted octanol–water partition coefficient (Wildman–Crippen LogP) is 3.69. The van der Waals surface area contributed by atoms with E-state index in [-0.39, 0.29) is 12.3 Å². The van der Waals surface area contributed by atoms with Gasteiger partial charge in [-0.1, -0.05) is 53.5 Å². The Bertz CT molecular complexity index is 607. The van der Waals surface area contributed by atoms with Crippen molar-refractivity contribution in [2.24, 2.45) is 5.10 Å². The molecule has 0 saturated carbocycles. The van der Waals surface area contributed by atoms with E-state index in [0.29, 0.717) is 10.0 Å². The molecule has 0 atom stereocenters. The SMILES string of the molecule is O=C(Cc1ccccc1)N/N=C/c1cc(Cl)cc(Cl)c1. The van der Waals surface area contributed by atoms with Gasteiger partial charge in [0.1, 0.15) is 0 Å². The van der Waals surface area contributed by atoms with Gasteiger partial charge < -0.3 is 0 Å². The van der Waals surface area contributed by atoms with Crippen molar-refractivity contribution in [2.75, 3.05) is 0 Å². The zero-order chi connectivity index (χ0) is 14.4. The van der Waals surface area contributed by atoms with E-state index in [4.69, 9.17) is 23.2 Å². The van der Waals surface area contributed by atoms with Crippen molar-refractivity contribution >= 4 is 35.3 Å². The highest BCUT2D eigenvalue weighted by Crippen LogP contribution is 2.17. The van der Waals surface area contributed by atoms with Crippen LogP contribution >= 0.6 is 23.2 Å². The number of rotatable bonds is 4. The summed E-state index contributed by atoms with van der Waals surface area (Å²) in [5.41, 5.74) is 4.12. The van der Waals surface area contributed by atoms with E-state index in [2.05, 4.69) is 10.5 Å². The minimum Gasteiger partial charge on any atom is -0.273 e. The Morgan fingerprint density at radius 3 is 2.40 bits per heavy atom. The normalized spacial score (nSPS) is 10.7. The molecule has 102 valence electrons. The number of halogens is 2. The van der Waals surface area contributed by atoms with Crippen LogP contribution in [0.2, 0.25) is 10.0 Å². The van der Waals surface area contributed by atoms with Crippen LogP contribution in [0.4, 0.5) is 0 Å². The molecule has 0 spiro atoms. The van der Waals surface area contributed by atoms with Gasteiger partial charge in [0.25, 0.3) is 0 Å². The second-order valence-corrected chi connectivity index (χ2v) is 5.03. The van der Waals surface area contributed by atoms with Gasteiger partial charge in [0.05, 0.1) is 12.6 Å². The Kier molecular flexibility index (Phi) is 5.16. The lowest BCUT2D eigenvalue weighted by molar-refractivity contribution is -0.120. The summed E-state index contributed by atoms with van der Waals surface area (Å²) in [5.74, 6) is -0.180. The zero-order valence-electron chi connectivity index (χ0n) is 10.5. The average molecular weight is 307 g/mol. The first-order valence-corrected chi connectivity index (χ1v) is 6.71. The zero-order valence-corrected chi connectivity index (χ0v) is 12.0. The molecule has 0 unspecified atom stereocenters. The molecule has 0 aromatic heterocycles. The molecule has 0 heterocycles. The van der Waals surface area contributed by atoms with E-state index in [9.17, 15) is 4.79 Å². The van der Waals surface area contributed by atoms with Gasteiger partial charge in [-0.05, 0) is 29.3 Å². The Hall–Kier alpha value is -1.84. The Morgan fingerprint density at radius 1 is 1.10 bits per heavy atom. The van der Waals surface area contributed by atoms with Crippen LogP contribution in [0.15, 0.2) is 53.6 Å². The highest BCUT2D eigenvalue weighted by molar-refractivity contribution is 6.35. The third-order valence-electron chi connectivity index (χ3n) is 2.50. The van der Waals surface area contributed by atoms with Crippen LogP contribution in [0.1, 0.15) is 11.1 Å². The van der Waals surface area contributed by atoms with Crippen molar-refractivity contribution in [1.29, 1.82) is 0 Å². The standard InChI is InChI=1S/C15H12Cl2N2O/c16-13-6-12(7-14(17)9-13)10-18-19-15(20)8-11-4-2-1-3-5-11/h1-7,9-10H,8H2,(H,19,20)/b18-10+. The Balaban J connectivity index is 1.91. The van der Waals surface area contributed by atoms with E-state index < -0.39 is 0 Å². The molecule has 0 aliphatic carbocycles. The minimum atomic E-state index is -0.180. The van der Waals surface area contributed by atoms with Gasteiger partial charge in [0.2, 0.25) is 5.91 Å². The molecule has 0 fully saturated rings. The molecular formula is C15H12Cl2N2O.